The van der Waals surface area contributed by atoms with Crippen molar-refractivity contribution in [3.05, 3.63) is 65.7 Å². The van der Waals surface area contributed by atoms with Gasteiger partial charge in [0.2, 0.25) is 0 Å². The van der Waals surface area contributed by atoms with Crippen LogP contribution in [-0.2, 0) is 6.42 Å². The first-order valence-corrected chi connectivity index (χ1v) is 9.08. The molecule has 0 saturated carbocycles. The molecule has 0 aromatic heterocycles. The normalized spacial score (nSPS) is 12.1. The molecule has 0 saturated heterocycles. The van der Waals surface area contributed by atoms with E-state index < -0.39 is 0 Å². The largest absolute Gasteiger partial charge is 0.494 e. The number of thioether (sulfide) groups is 1. The minimum atomic E-state index is 0.170. The summed E-state index contributed by atoms with van der Waals surface area (Å²) < 4.78 is 5.76. The number of benzene rings is 2. The summed E-state index contributed by atoms with van der Waals surface area (Å²) >= 11 is 1.86. The molecule has 23 heavy (non-hydrogen) atoms. The first-order valence-electron chi connectivity index (χ1n) is 8.04. The first kappa shape index (κ1) is 17.9. The predicted molar refractivity (Wildman–Crippen MR) is 98.0 cm³/mol. The van der Waals surface area contributed by atoms with Gasteiger partial charge in [0.25, 0.3) is 0 Å². The van der Waals surface area contributed by atoms with Crippen LogP contribution < -0.4 is 10.1 Å². The molecule has 124 valence electrons. The third kappa shape index (κ3) is 5.90. The second kappa shape index (κ2) is 10.3. The van der Waals surface area contributed by atoms with Crippen molar-refractivity contribution in [3.8, 4) is 5.75 Å². The fourth-order valence-corrected chi connectivity index (χ4v) is 3.53. The SMILES string of the molecule is CCOc1ccccc1C[C@H](SCNCCO)c1ccccc1. The van der Waals surface area contributed by atoms with Crippen molar-refractivity contribution >= 4 is 11.8 Å². The molecule has 2 aromatic rings. The van der Waals surface area contributed by atoms with E-state index in [4.69, 9.17) is 9.84 Å². The topological polar surface area (TPSA) is 41.5 Å². The molecule has 0 radical (unpaired) electrons. The third-order valence-electron chi connectivity index (χ3n) is 3.52. The number of ether oxygens (including phenoxy) is 1. The number of aliphatic hydroxyl groups is 1. The maximum absolute atomic E-state index is 8.89. The Hall–Kier alpha value is -1.49. The maximum Gasteiger partial charge on any atom is 0.122 e. The second-order valence-corrected chi connectivity index (χ2v) is 6.37. The maximum atomic E-state index is 8.89. The fourth-order valence-electron chi connectivity index (χ4n) is 2.42. The number of rotatable bonds is 10. The van der Waals surface area contributed by atoms with Gasteiger partial charge in [-0.05, 0) is 30.5 Å². The summed E-state index contributed by atoms with van der Waals surface area (Å²) in [5, 5.41) is 12.5. The van der Waals surface area contributed by atoms with Gasteiger partial charge in [-0.2, -0.15) is 0 Å². The zero-order chi connectivity index (χ0) is 16.3. The second-order valence-electron chi connectivity index (χ2n) is 5.18. The van der Waals surface area contributed by atoms with Crippen molar-refractivity contribution in [2.24, 2.45) is 0 Å². The van der Waals surface area contributed by atoms with E-state index in [9.17, 15) is 0 Å². The molecule has 0 aliphatic rings. The fraction of sp³-hybridized carbons (Fsp3) is 0.368. The molecule has 4 heteroatoms. The summed E-state index contributed by atoms with van der Waals surface area (Å²) in [6.45, 7) is 3.49. The van der Waals surface area contributed by atoms with Crippen molar-refractivity contribution in [1.29, 1.82) is 0 Å². The number of aliphatic hydroxyl groups excluding tert-OH is 1. The van der Waals surface area contributed by atoms with Crippen molar-refractivity contribution in [2.75, 3.05) is 25.6 Å². The van der Waals surface area contributed by atoms with E-state index in [-0.39, 0.29) is 6.61 Å². The Morgan fingerprint density at radius 1 is 1.09 bits per heavy atom. The van der Waals surface area contributed by atoms with E-state index in [1.54, 1.807) is 0 Å². The van der Waals surface area contributed by atoms with Gasteiger partial charge in [0, 0.05) is 17.7 Å². The predicted octanol–water partition coefficient (Wildman–Crippen LogP) is 3.64. The molecular weight excluding hydrogens is 306 g/mol. The minimum Gasteiger partial charge on any atom is -0.494 e. The molecule has 3 nitrogen and oxygen atoms in total. The van der Waals surface area contributed by atoms with Crippen LogP contribution in [0.1, 0.15) is 23.3 Å². The Bertz CT molecular complexity index is 562. The van der Waals surface area contributed by atoms with Crippen LogP contribution in [0, 0.1) is 0 Å². The van der Waals surface area contributed by atoms with Crippen molar-refractivity contribution in [2.45, 2.75) is 18.6 Å². The average molecular weight is 331 g/mol. The van der Waals surface area contributed by atoms with Gasteiger partial charge in [0.15, 0.2) is 0 Å². The number of hydrogen-bond acceptors (Lipinski definition) is 4. The molecule has 0 fully saturated rings. The quantitative estimate of drug-likeness (QED) is 0.515. The third-order valence-corrected chi connectivity index (χ3v) is 4.74. The van der Waals surface area contributed by atoms with Crippen molar-refractivity contribution in [1.82, 2.24) is 5.32 Å². The van der Waals surface area contributed by atoms with E-state index in [0.29, 0.717) is 18.4 Å². The lowest BCUT2D eigenvalue weighted by molar-refractivity contribution is 0.295. The lowest BCUT2D eigenvalue weighted by Crippen LogP contribution is -2.18. The number of nitrogens with one attached hydrogen (secondary N) is 1. The zero-order valence-corrected chi connectivity index (χ0v) is 14.4. The van der Waals surface area contributed by atoms with Crippen molar-refractivity contribution in [3.63, 3.8) is 0 Å². The highest BCUT2D eigenvalue weighted by Crippen LogP contribution is 2.34. The smallest absolute Gasteiger partial charge is 0.122 e. The molecule has 0 unspecified atom stereocenters. The van der Waals surface area contributed by atoms with Gasteiger partial charge in [-0.1, -0.05) is 48.5 Å². The van der Waals surface area contributed by atoms with Crippen molar-refractivity contribution < 1.29 is 9.84 Å². The summed E-state index contributed by atoms with van der Waals surface area (Å²) in [7, 11) is 0. The summed E-state index contributed by atoms with van der Waals surface area (Å²) in [4.78, 5) is 0. The van der Waals surface area contributed by atoms with Crippen LogP contribution in [0.3, 0.4) is 0 Å². The van der Waals surface area contributed by atoms with E-state index in [1.165, 1.54) is 11.1 Å². The van der Waals surface area contributed by atoms with E-state index in [0.717, 1.165) is 18.0 Å². The molecule has 0 amide bonds. The Balaban J connectivity index is 2.11. The van der Waals surface area contributed by atoms with Gasteiger partial charge in [0.1, 0.15) is 5.75 Å². The van der Waals surface area contributed by atoms with Crippen LogP contribution in [0.4, 0.5) is 0 Å². The molecule has 0 aliphatic heterocycles. The summed E-state index contributed by atoms with van der Waals surface area (Å²) in [5.74, 6) is 1.79. The number of para-hydroxylation sites is 1. The van der Waals surface area contributed by atoms with Gasteiger partial charge >= 0.3 is 0 Å². The van der Waals surface area contributed by atoms with Crippen LogP contribution in [0.25, 0.3) is 0 Å². The Morgan fingerprint density at radius 3 is 2.57 bits per heavy atom. The number of hydrogen-bond donors (Lipinski definition) is 2. The van der Waals surface area contributed by atoms with Crippen LogP contribution in [0.15, 0.2) is 54.6 Å². The Labute approximate surface area is 143 Å². The standard InChI is InChI=1S/C19H25NO2S/c1-2-22-18-11-7-6-10-17(18)14-19(23-15-20-12-13-21)16-8-4-3-5-9-16/h3-11,19-21H,2,12-15H2,1H3/t19-/m0/s1. The van der Waals surface area contributed by atoms with Crippen LogP contribution >= 0.6 is 11.8 Å². The average Bonchev–Trinajstić information content (AvgIpc) is 2.60. The zero-order valence-electron chi connectivity index (χ0n) is 13.6. The minimum absolute atomic E-state index is 0.170. The molecule has 0 heterocycles. The first-order chi connectivity index (χ1) is 11.3. The van der Waals surface area contributed by atoms with E-state index >= 15 is 0 Å². The van der Waals surface area contributed by atoms with Gasteiger partial charge in [0.05, 0.1) is 13.2 Å². The summed E-state index contributed by atoms with van der Waals surface area (Å²) in [6.07, 6.45) is 0.922. The highest BCUT2D eigenvalue weighted by atomic mass is 32.2. The van der Waals surface area contributed by atoms with Gasteiger partial charge in [-0.3, -0.25) is 0 Å². The highest BCUT2D eigenvalue weighted by Gasteiger charge is 2.15. The Kier molecular flexibility index (Phi) is 8.01. The van der Waals surface area contributed by atoms with Crippen LogP contribution in [-0.4, -0.2) is 30.7 Å². The van der Waals surface area contributed by atoms with Gasteiger partial charge in [-0.25, -0.2) is 0 Å². The van der Waals surface area contributed by atoms with E-state index in [2.05, 4.69) is 41.7 Å². The molecule has 0 spiro atoms. The molecule has 2 N–H and O–H groups in total. The van der Waals surface area contributed by atoms with Gasteiger partial charge < -0.3 is 15.2 Å². The molecule has 2 rings (SSSR count). The van der Waals surface area contributed by atoms with E-state index in [1.807, 2.05) is 36.9 Å². The molecular formula is C19H25NO2S. The Morgan fingerprint density at radius 2 is 1.83 bits per heavy atom. The summed E-state index contributed by atoms with van der Waals surface area (Å²) in [5.41, 5.74) is 2.55. The molecule has 0 bridgehead atoms. The van der Waals surface area contributed by atoms with Gasteiger partial charge in [-0.15, -0.1) is 11.8 Å². The highest BCUT2D eigenvalue weighted by molar-refractivity contribution is 7.99. The molecule has 0 aliphatic carbocycles. The molecule has 1 atom stereocenters. The van der Waals surface area contributed by atoms with Crippen LogP contribution in [0.5, 0.6) is 5.75 Å². The van der Waals surface area contributed by atoms with Crippen LogP contribution in [0.2, 0.25) is 0 Å². The summed E-state index contributed by atoms with van der Waals surface area (Å²) in [6, 6.07) is 18.8. The molecule has 2 aromatic carbocycles. The monoisotopic (exact) mass is 331 g/mol. The lowest BCUT2D eigenvalue weighted by Gasteiger charge is -2.19. The lowest BCUT2D eigenvalue weighted by atomic mass is 10.0.